The predicted molar refractivity (Wildman–Crippen MR) is 56.7 cm³/mol. The summed E-state index contributed by atoms with van der Waals surface area (Å²) in [4.78, 5) is 35.3. The second-order valence-corrected chi connectivity index (χ2v) is 3.73. The number of carbonyl (C=O) groups is 1. The van der Waals surface area contributed by atoms with Crippen molar-refractivity contribution in [3.8, 4) is 0 Å². The van der Waals surface area contributed by atoms with Gasteiger partial charge in [-0.15, -0.1) is 0 Å². The van der Waals surface area contributed by atoms with Gasteiger partial charge in [-0.1, -0.05) is 0 Å². The number of methoxy groups -OCH3 is 1. The Labute approximate surface area is 96.0 Å². The molecule has 1 aromatic heterocycles. The summed E-state index contributed by atoms with van der Waals surface area (Å²) in [6.45, 7) is 0. The molecule has 1 aliphatic rings. The summed E-state index contributed by atoms with van der Waals surface area (Å²) in [5.41, 5.74) is -1.07. The SMILES string of the molecule is COC1CC(C=O)OC1n1ccc(=O)[nH]c1=O. The second kappa shape index (κ2) is 4.64. The van der Waals surface area contributed by atoms with Crippen molar-refractivity contribution < 1.29 is 14.3 Å². The number of H-pyrrole nitrogens is 1. The van der Waals surface area contributed by atoms with Gasteiger partial charge in [0.25, 0.3) is 5.56 Å². The summed E-state index contributed by atoms with van der Waals surface area (Å²) < 4.78 is 11.7. The number of hydrogen-bond donors (Lipinski definition) is 1. The summed E-state index contributed by atoms with van der Waals surface area (Å²) in [5.74, 6) is 0. The Bertz CT molecular complexity index is 520. The number of carbonyl (C=O) groups excluding carboxylic acids is 1. The highest BCUT2D eigenvalue weighted by Crippen LogP contribution is 2.28. The van der Waals surface area contributed by atoms with Gasteiger partial charge in [0, 0.05) is 25.8 Å². The van der Waals surface area contributed by atoms with Gasteiger partial charge in [0.2, 0.25) is 0 Å². The molecule has 17 heavy (non-hydrogen) atoms. The van der Waals surface area contributed by atoms with Gasteiger partial charge in [0.05, 0.1) is 0 Å². The maximum absolute atomic E-state index is 11.6. The topological polar surface area (TPSA) is 90.4 Å². The first-order chi connectivity index (χ1) is 8.15. The number of aldehydes is 1. The lowest BCUT2D eigenvalue weighted by Gasteiger charge is -2.18. The fourth-order valence-electron chi connectivity index (χ4n) is 1.84. The van der Waals surface area contributed by atoms with Gasteiger partial charge in [-0.25, -0.2) is 4.79 Å². The monoisotopic (exact) mass is 240 g/mol. The van der Waals surface area contributed by atoms with Crippen LogP contribution >= 0.6 is 0 Å². The molecule has 0 spiro atoms. The quantitative estimate of drug-likeness (QED) is 0.687. The van der Waals surface area contributed by atoms with E-state index in [0.29, 0.717) is 12.7 Å². The number of nitrogens with zero attached hydrogens (tertiary/aromatic N) is 1. The van der Waals surface area contributed by atoms with Crippen molar-refractivity contribution in [3.05, 3.63) is 33.1 Å². The fourth-order valence-corrected chi connectivity index (χ4v) is 1.84. The van der Waals surface area contributed by atoms with Gasteiger partial charge < -0.3 is 14.3 Å². The first-order valence-electron chi connectivity index (χ1n) is 5.10. The van der Waals surface area contributed by atoms with E-state index in [1.54, 1.807) is 0 Å². The summed E-state index contributed by atoms with van der Waals surface area (Å²) in [6.07, 6.45) is 0.696. The molecule has 1 aromatic rings. The molecule has 1 aliphatic heterocycles. The van der Waals surface area contributed by atoms with Gasteiger partial charge in [-0.3, -0.25) is 14.3 Å². The van der Waals surface area contributed by atoms with Crippen LogP contribution < -0.4 is 11.2 Å². The minimum absolute atomic E-state index is 0.385. The zero-order chi connectivity index (χ0) is 12.4. The van der Waals surface area contributed by atoms with E-state index in [9.17, 15) is 14.4 Å². The molecule has 0 aliphatic carbocycles. The molecule has 2 heterocycles. The van der Waals surface area contributed by atoms with E-state index < -0.39 is 29.7 Å². The van der Waals surface area contributed by atoms with Crippen molar-refractivity contribution in [3.63, 3.8) is 0 Å². The molecule has 1 fully saturated rings. The van der Waals surface area contributed by atoms with Gasteiger partial charge >= 0.3 is 5.69 Å². The zero-order valence-corrected chi connectivity index (χ0v) is 9.16. The highest BCUT2D eigenvalue weighted by molar-refractivity contribution is 5.56. The van der Waals surface area contributed by atoms with E-state index in [4.69, 9.17) is 9.47 Å². The van der Waals surface area contributed by atoms with Crippen LogP contribution in [-0.2, 0) is 14.3 Å². The lowest BCUT2D eigenvalue weighted by Crippen LogP contribution is -2.35. The molecule has 92 valence electrons. The highest BCUT2D eigenvalue weighted by atomic mass is 16.6. The molecule has 1 N–H and O–H groups in total. The maximum Gasteiger partial charge on any atom is 0.330 e. The van der Waals surface area contributed by atoms with E-state index in [1.165, 1.54) is 23.9 Å². The van der Waals surface area contributed by atoms with Crippen LogP contribution in [0.4, 0.5) is 0 Å². The van der Waals surface area contributed by atoms with E-state index >= 15 is 0 Å². The van der Waals surface area contributed by atoms with Crippen LogP contribution in [0.15, 0.2) is 21.9 Å². The van der Waals surface area contributed by atoms with Crippen LogP contribution in [0.2, 0.25) is 0 Å². The second-order valence-electron chi connectivity index (χ2n) is 3.73. The molecular formula is C10H12N2O5. The summed E-state index contributed by atoms with van der Waals surface area (Å²) in [6, 6.07) is 1.21. The largest absolute Gasteiger partial charge is 0.377 e. The van der Waals surface area contributed by atoms with Crippen molar-refractivity contribution in [1.82, 2.24) is 9.55 Å². The number of ether oxygens (including phenoxy) is 2. The third kappa shape index (κ3) is 2.20. The molecule has 0 saturated carbocycles. The van der Waals surface area contributed by atoms with Crippen LogP contribution in [0.5, 0.6) is 0 Å². The molecule has 0 radical (unpaired) electrons. The lowest BCUT2D eigenvalue weighted by molar-refractivity contribution is -0.120. The maximum atomic E-state index is 11.6. The van der Waals surface area contributed by atoms with Crippen molar-refractivity contribution >= 4 is 6.29 Å². The van der Waals surface area contributed by atoms with E-state index in [1.807, 2.05) is 0 Å². The van der Waals surface area contributed by atoms with E-state index in [-0.39, 0.29) is 0 Å². The molecule has 3 unspecified atom stereocenters. The van der Waals surface area contributed by atoms with Crippen LogP contribution in [0.3, 0.4) is 0 Å². The van der Waals surface area contributed by atoms with Gasteiger partial charge in [-0.05, 0) is 0 Å². The van der Waals surface area contributed by atoms with E-state index in [0.717, 1.165) is 0 Å². The Morgan fingerprint density at radius 3 is 2.94 bits per heavy atom. The van der Waals surface area contributed by atoms with Crippen LogP contribution in [0, 0.1) is 0 Å². The molecular weight excluding hydrogens is 228 g/mol. The number of hydrogen-bond acceptors (Lipinski definition) is 5. The normalized spacial score (nSPS) is 28.2. The predicted octanol–water partition coefficient (Wildman–Crippen LogP) is -0.962. The highest BCUT2D eigenvalue weighted by Gasteiger charge is 2.36. The van der Waals surface area contributed by atoms with Crippen LogP contribution in [0.25, 0.3) is 0 Å². The summed E-state index contributed by atoms with van der Waals surface area (Å²) in [5, 5.41) is 0. The smallest absolute Gasteiger partial charge is 0.330 e. The average Bonchev–Trinajstić information content (AvgIpc) is 2.72. The first-order valence-corrected chi connectivity index (χ1v) is 5.10. The van der Waals surface area contributed by atoms with Crippen molar-refractivity contribution in [1.29, 1.82) is 0 Å². The van der Waals surface area contributed by atoms with E-state index in [2.05, 4.69) is 4.98 Å². The minimum Gasteiger partial charge on any atom is -0.377 e. The molecule has 0 amide bonds. The fraction of sp³-hybridized carbons (Fsp3) is 0.500. The molecule has 7 heteroatoms. The molecule has 0 bridgehead atoms. The molecule has 2 rings (SSSR count). The number of rotatable bonds is 3. The summed E-state index contributed by atoms with van der Waals surface area (Å²) >= 11 is 0. The third-order valence-corrected chi connectivity index (χ3v) is 2.68. The van der Waals surface area contributed by atoms with Gasteiger partial charge in [0.15, 0.2) is 6.23 Å². The average molecular weight is 240 g/mol. The van der Waals surface area contributed by atoms with Crippen LogP contribution in [0.1, 0.15) is 12.6 Å². The lowest BCUT2D eigenvalue weighted by atomic mass is 10.2. The van der Waals surface area contributed by atoms with Crippen molar-refractivity contribution in [2.24, 2.45) is 0 Å². The molecule has 3 atom stereocenters. The molecule has 7 nitrogen and oxygen atoms in total. The number of aromatic nitrogens is 2. The minimum atomic E-state index is -0.695. The third-order valence-electron chi connectivity index (χ3n) is 2.68. The molecule has 1 saturated heterocycles. The first kappa shape index (κ1) is 11.7. The van der Waals surface area contributed by atoms with Crippen LogP contribution in [-0.4, -0.2) is 35.2 Å². The summed E-state index contributed by atoms with van der Waals surface area (Å²) in [7, 11) is 1.48. The number of nitrogens with one attached hydrogen (secondary N) is 1. The Kier molecular flexibility index (Phi) is 3.21. The van der Waals surface area contributed by atoms with Gasteiger partial charge in [0.1, 0.15) is 18.5 Å². The Morgan fingerprint density at radius 1 is 1.59 bits per heavy atom. The van der Waals surface area contributed by atoms with Crippen molar-refractivity contribution in [2.45, 2.75) is 24.9 Å². The zero-order valence-electron chi connectivity index (χ0n) is 9.16. The Morgan fingerprint density at radius 2 is 2.35 bits per heavy atom. The Hall–Kier alpha value is -1.73. The van der Waals surface area contributed by atoms with Crippen molar-refractivity contribution in [2.75, 3.05) is 7.11 Å². The Balaban J connectivity index is 2.35. The number of aromatic amines is 1. The van der Waals surface area contributed by atoms with Gasteiger partial charge in [-0.2, -0.15) is 0 Å². The standard InChI is InChI=1S/C10H12N2O5/c1-16-7-4-6(5-13)17-9(7)12-3-2-8(14)11-10(12)15/h2-3,5-7,9H,4H2,1H3,(H,11,14,15). The molecule has 0 aromatic carbocycles.